The van der Waals surface area contributed by atoms with Gasteiger partial charge in [0.1, 0.15) is 6.26 Å². The van der Waals surface area contributed by atoms with Crippen molar-refractivity contribution in [3.8, 4) is 0 Å². The van der Waals surface area contributed by atoms with E-state index in [9.17, 15) is 4.79 Å². The molecule has 28 heavy (non-hydrogen) atoms. The van der Waals surface area contributed by atoms with E-state index < -0.39 is 0 Å². The third-order valence-electron chi connectivity index (χ3n) is 5.12. The lowest BCUT2D eigenvalue weighted by atomic mass is 9.94. The van der Waals surface area contributed by atoms with E-state index in [0.29, 0.717) is 11.9 Å². The highest BCUT2D eigenvalue weighted by molar-refractivity contribution is 5.82. The molecular weight excluding hydrogens is 350 g/mol. The third kappa shape index (κ3) is 4.09. The molecule has 2 aromatic carbocycles. The summed E-state index contributed by atoms with van der Waals surface area (Å²) in [5.41, 5.74) is 4.17. The minimum absolute atomic E-state index is 0.115. The number of nitrogens with zero attached hydrogens (tertiary/aromatic N) is 1. The van der Waals surface area contributed by atoms with Crippen LogP contribution in [0.25, 0.3) is 0 Å². The third-order valence-corrected chi connectivity index (χ3v) is 5.12. The molecule has 0 bridgehead atoms. The van der Waals surface area contributed by atoms with Crippen molar-refractivity contribution < 1.29 is 9.21 Å². The van der Waals surface area contributed by atoms with Crippen molar-refractivity contribution in [2.24, 2.45) is 5.92 Å². The Balaban J connectivity index is 1.69. The molecule has 0 aliphatic heterocycles. The topological polar surface area (TPSA) is 67.2 Å². The molecule has 1 heterocycles. The Morgan fingerprint density at radius 2 is 1.79 bits per heavy atom. The van der Waals surface area contributed by atoms with Gasteiger partial charge in [-0.25, -0.2) is 4.98 Å². The van der Waals surface area contributed by atoms with E-state index in [1.54, 1.807) is 6.20 Å². The van der Waals surface area contributed by atoms with Gasteiger partial charge in [-0.2, -0.15) is 0 Å². The van der Waals surface area contributed by atoms with Crippen molar-refractivity contribution >= 4 is 17.6 Å². The Labute approximate surface area is 165 Å². The van der Waals surface area contributed by atoms with Gasteiger partial charge < -0.3 is 15.1 Å². The highest BCUT2D eigenvalue weighted by Gasteiger charge is 2.32. The van der Waals surface area contributed by atoms with Crippen molar-refractivity contribution in [1.29, 1.82) is 0 Å². The Kier molecular flexibility index (Phi) is 5.15. The molecule has 1 aliphatic carbocycles. The van der Waals surface area contributed by atoms with Gasteiger partial charge in [0.15, 0.2) is 0 Å². The normalized spacial score (nSPS) is 14.7. The van der Waals surface area contributed by atoms with Gasteiger partial charge >= 0.3 is 0 Å². The molecule has 5 nitrogen and oxygen atoms in total. The molecule has 144 valence electrons. The fraction of sp³-hybridized carbons (Fsp3) is 0.304. The van der Waals surface area contributed by atoms with Gasteiger partial charge in [-0.1, -0.05) is 56.3 Å². The summed E-state index contributed by atoms with van der Waals surface area (Å²) in [5.74, 6) is 0.723. The first-order valence-electron chi connectivity index (χ1n) is 9.77. The molecule has 1 aliphatic rings. The molecule has 0 radical (unpaired) electrons. The summed E-state index contributed by atoms with van der Waals surface area (Å²) < 4.78 is 5.34. The highest BCUT2D eigenvalue weighted by atomic mass is 16.4. The van der Waals surface area contributed by atoms with Gasteiger partial charge in [-0.3, -0.25) is 4.79 Å². The summed E-state index contributed by atoms with van der Waals surface area (Å²) >= 11 is 0. The molecule has 0 saturated heterocycles. The van der Waals surface area contributed by atoms with Gasteiger partial charge in [0.25, 0.3) is 6.01 Å². The molecule has 1 amide bonds. The molecular formula is C23H25N3O2. The second kappa shape index (κ2) is 7.89. The van der Waals surface area contributed by atoms with E-state index in [1.807, 2.05) is 24.3 Å². The van der Waals surface area contributed by atoms with Crippen LogP contribution in [0.1, 0.15) is 55.3 Å². The van der Waals surface area contributed by atoms with Crippen molar-refractivity contribution in [1.82, 2.24) is 10.3 Å². The first kappa shape index (κ1) is 18.3. The molecule has 0 unspecified atom stereocenters. The Bertz CT molecular complexity index is 929. The zero-order valence-corrected chi connectivity index (χ0v) is 16.2. The van der Waals surface area contributed by atoms with Gasteiger partial charge in [-0.15, -0.1) is 0 Å². The SMILES string of the molecule is CC(C)c1ccc([C@@H](NC(=O)C2CC2)c2ccccc2Nc2ncco2)cc1. The van der Waals surface area contributed by atoms with E-state index in [1.165, 1.54) is 11.8 Å². The predicted molar refractivity (Wildman–Crippen MR) is 109 cm³/mol. The molecule has 3 aromatic rings. The first-order chi connectivity index (χ1) is 13.6. The number of para-hydroxylation sites is 1. The number of rotatable bonds is 7. The van der Waals surface area contributed by atoms with Crippen LogP contribution >= 0.6 is 0 Å². The van der Waals surface area contributed by atoms with Gasteiger partial charge in [0.05, 0.1) is 12.2 Å². The number of hydrogen-bond donors (Lipinski definition) is 2. The summed E-state index contributed by atoms with van der Waals surface area (Å²) in [5, 5.41) is 6.47. The van der Waals surface area contributed by atoms with Crippen LogP contribution in [0.5, 0.6) is 0 Å². The second-order valence-electron chi connectivity index (χ2n) is 7.59. The van der Waals surface area contributed by atoms with Crippen LogP contribution in [0.3, 0.4) is 0 Å². The van der Waals surface area contributed by atoms with Crippen molar-refractivity contribution in [2.75, 3.05) is 5.32 Å². The van der Waals surface area contributed by atoms with Crippen molar-refractivity contribution in [3.05, 3.63) is 77.7 Å². The van der Waals surface area contributed by atoms with E-state index in [4.69, 9.17) is 4.42 Å². The molecule has 1 fully saturated rings. The van der Waals surface area contributed by atoms with Crippen LogP contribution in [0.4, 0.5) is 11.7 Å². The number of nitrogens with one attached hydrogen (secondary N) is 2. The lowest BCUT2D eigenvalue weighted by molar-refractivity contribution is -0.122. The molecule has 1 saturated carbocycles. The maximum absolute atomic E-state index is 12.6. The van der Waals surface area contributed by atoms with Gasteiger partial charge in [0.2, 0.25) is 5.91 Å². The average molecular weight is 375 g/mol. The molecule has 4 rings (SSSR count). The summed E-state index contributed by atoms with van der Waals surface area (Å²) in [6, 6.07) is 16.6. The molecule has 1 aromatic heterocycles. The van der Waals surface area contributed by atoms with Gasteiger partial charge in [-0.05, 0) is 36.0 Å². The number of amides is 1. The van der Waals surface area contributed by atoms with E-state index in [2.05, 4.69) is 53.7 Å². The lowest BCUT2D eigenvalue weighted by Crippen LogP contribution is -2.31. The molecule has 1 atom stereocenters. The molecule has 2 N–H and O–H groups in total. The standard InChI is InChI=1S/C23H25N3O2/c1-15(2)16-7-9-17(10-8-16)21(26-22(27)18-11-12-18)19-5-3-4-6-20(19)25-23-24-13-14-28-23/h3-10,13-15,18,21H,11-12H2,1-2H3,(H,24,25)(H,26,27)/t21-/m1/s1. The number of carbonyl (C=O) groups excluding carboxylic acids is 1. The average Bonchev–Trinajstić information content (AvgIpc) is 3.44. The Hall–Kier alpha value is -3.08. The fourth-order valence-electron chi connectivity index (χ4n) is 3.28. The van der Waals surface area contributed by atoms with Crippen LogP contribution in [0.2, 0.25) is 0 Å². The monoisotopic (exact) mass is 375 g/mol. The quantitative estimate of drug-likeness (QED) is 0.599. The van der Waals surface area contributed by atoms with Crippen LogP contribution in [0.15, 0.2) is 65.4 Å². The first-order valence-corrected chi connectivity index (χ1v) is 9.77. The van der Waals surface area contributed by atoms with Crippen LogP contribution in [-0.4, -0.2) is 10.9 Å². The fourth-order valence-corrected chi connectivity index (χ4v) is 3.28. The Morgan fingerprint density at radius 1 is 1.07 bits per heavy atom. The van der Waals surface area contributed by atoms with Crippen LogP contribution < -0.4 is 10.6 Å². The maximum Gasteiger partial charge on any atom is 0.299 e. The van der Waals surface area contributed by atoms with Crippen LogP contribution in [0, 0.1) is 5.92 Å². The zero-order valence-electron chi connectivity index (χ0n) is 16.2. The number of oxazole rings is 1. The Morgan fingerprint density at radius 3 is 2.43 bits per heavy atom. The largest absolute Gasteiger partial charge is 0.432 e. The van der Waals surface area contributed by atoms with E-state index in [0.717, 1.165) is 29.7 Å². The number of aromatic nitrogens is 1. The predicted octanol–water partition coefficient (Wildman–Crippen LogP) is 5.16. The van der Waals surface area contributed by atoms with E-state index in [-0.39, 0.29) is 17.9 Å². The summed E-state index contributed by atoms with van der Waals surface area (Å²) in [4.78, 5) is 16.8. The number of anilines is 2. The van der Waals surface area contributed by atoms with Crippen LogP contribution in [-0.2, 0) is 4.79 Å². The highest BCUT2D eigenvalue weighted by Crippen LogP contribution is 2.34. The second-order valence-corrected chi connectivity index (χ2v) is 7.59. The molecule has 0 spiro atoms. The number of carbonyl (C=O) groups is 1. The lowest BCUT2D eigenvalue weighted by Gasteiger charge is -2.23. The van der Waals surface area contributed by atoms with Gasteiger partial charge in [0, 0.05) is 17.2 Å². The van der Waals surface area contributed by atoms with Crippen molar-refractivity contribution in [3.63, 3.8) is 0 Å². The summed E-state index contributed by atoms with van der Waals surface area (Å²) in [6.07, 6.45) is 5.08. The van der Waals surface area contributed by atoms with Crippen molar-refractivity contribution in [2.45, 2.75) is 38.6 Å². The minimum atomic E-state index is -0.243. The zero-order chi connectivity index (χ0) is 19.5. The summed E-state index contributed by atoms with van der Waals surface area (Å²) in [7, 11) is 0. The number of benzene rings is 2. The minimum Gasteiger partial charge on any atom is -0.432 e. The smallest absolute Gasteiger partial charge is 0.299 e. The molecule has 5 heteroatoms. The number of hydrogen-bond acceptors (Lipinski definition) is 4. The van der Waals surface area contributed by atoms with E-state index >= 15 is 0 Å². The summed E-state index contributed by atoms with van der Waals surface area (Å²) in [6.45, 7) is 4.36. The maximum atomic E-state index is 12.6.